The van der Waals surface area contributed by atoms with Crippen molar-refractivity contribution in [3.63, 3.8) is 0 Å². The number of carboxylic acid groups (broad SMARTS) is 1. The van der Waals surface area contributed by atoms with Crippen LogP contribution in [0.5, 0.6) is 0 Å². The molecule has 0 aliphatic carbocycles. The summed E-state index contributed by atoms with van der Waals surface area (Å²) in [6.45, 7) is 17.0. The molecule has 13 heteroatoms. The van der Waals surface area contributed by atoms with Gasteiger partial charge in [0.25, 0.3) is 0 Å². The highest BCUT2D eigenvalue weighted by molar-refractivity contribution is 6.61. The minimum Gasteiger partial charge on any atom is -0.480 e. The summed E-state index contributed by atoms with van der Waals surface area (Å²) >= 11 is 0. The largest absolute Gasteiger partial charge is 0.498 e. The minimum absolute atomic E-state index is 0.00579. The fourth-order valence-electron chi connectivity index (χ4n) is 4.16. The van der Waals surface area contributed by atoms with Gasteiger partial charge in [-0.3, -0.25) is 4.79 Å². The number of nitrogens with zero attached hydrogens (tertiary/aromatic N) is 4. The van der Waals surface area contributed by atoms with Crippen molar-refractivity contribution < 1.29 is 33.5 Å². The van der Waals surface area contributed by atoms with E-state index in [9.17, 15) is 19.5 Å². The van der Waals surface area contributed by atoms with Gasteiger partial charge in [0.15, 0.2) is 0 Å². The first-order valence-electron chi connectivity index (χ1n) is 12.9. The summed E-state index contributed by atoms with van der Waals surface area (Å²) in [6, 6.07) is -2.09. The molecule has 0 aromatic carbocycles. The van der Waals surface area contributed by atoms with Gasteiger partial charge < -0.3 is 34.3 Å². The summed E-state index contributed by atoms with van der Waals surface area (Å²) < 4.78 is 17.4. The van der Waals surface area contributed by atoms with Crippen molar-refractivity contribution in [2.45, 2.75) is 91.2 Å². The zero-order valence-corrected chi connectivity index (χ0v) is 23.8. The summed E-state index contributed by atoms with van der Waals surface area (Å²) in [5, 5.41) is 12.6. The molecule has 3 heterocycles. The number of carbonyl (C=O) groups excluding carboxylic acids is 2. The average Bonchev–Trinajstić information content (AvgIpc) is 3.02. The molecule has 210 valence electrons. The van der Waals surface area contributed by atoms with Crippen LogP contribution in [0.4, 0.5) is 10.7 Å². The molecular weight excluding hydrogens is 493 g/mol. The molecule has 2 aliphatic rings. The van der Waals surface area contributed by atoms with Crippen molar-refractivity contribution in [2.75, 3.05) is 24.5 Å². The van der Waals surface area contributed by atoms with Gasteiger partial charge in [-0.05, 0) is 54.4 Å². The standard InChI is InChI=1S/C25H40BN5O7/c1-15(2)18(29-22(35)36-23(3,4)5)19(32)31-11-10-30(14-17(31)20(33)34)21-27-12-16(13-28-21)26-37-24(6,7)25(8,9)38-26/h12-13,15,17-18H,10-11,14H2,1-9H3,(H,29,35)(H,33,34). The fourth-order valence-corrected chi connectivity index (χ4v) is 4.16. The van der Waals surface area contributed by atoms with Crippen LogP contribution in [-0.4, -0.2) is 93.6 Å². The van der Waals surface area contributed by atoms with Crippen LogP contribution in [0.25, 0.3) is 0 Å². The Kier molecular flexibility index (Phi) is 8.33. The second kappa shape index (κ2) is 10.7. The predicted octanol–water partition coefficient (Wildman–Crippen LogP) is 1.43. The first-order chi connectivity index (χ1) is 17.4. The number of hydrogen-bond acceptors (Lipinski definition) is 9. The quantitative estimate of drug-likeness (QED) is 0.516. The first-order valence-corrected chi connectivity index (χ1v) is 12.9. The van der Waals surface area contributed by atoms with Crippen LogP contribution in [-0.2, 0) is 23.6 Å². The zero-order chi connectivity index (χ0) is 28.6. The Morgan fingerprint density at radius 3 is 2.13 bits per heavy atom. The molecule has 2 amide bonds. The van der Waals surface area contributed by atoms with Crippen molar-refractivity contribution in [3.8, 4) is 0 Å². The van der Waals surface area contributed by atoms with Crippen molar-refractivity contribution in [1.29, 1.82) is 0 Å². The second-order valence-corrected chi connectivity index (χ2v) is 12.1. The third-order valence-electron chi connectivity index (χ3n) is 7.02. The van der Waals surface area contributed by atoms with Crippen molar-refractivity contribution >= 4 is 36.5 Å². The van der Waals surface area contributed by atoms with Crippen molar-refractivity contribution in [2.24, 2.45) is 5.92 Å². The lowest BCUT2D eigenvalue weighted by Crippen LogP contribution is -2.63. The molecule has 1 aromatic rings. The van der Waals surface area contributed by atoms with E-state index in [1.807, 2.05) is 27.7 Å². The van der Waals surface area contributed by atoms with Gasteiger partial charge in [0.05, 0.1) is 17.7 Å². The van der Waals surface area contributed by atoms with E-state index in [0.717, 1.165) is 0 Å². The van der Waals surface area contributed by atoms with Gasteiger partial charge in [-0.25, -0.2) is 19.6 Å². The van der Waals surface area contributed by atoms with Crippen LogP contribution in [0.15, 0.2) is 12.4 Å². The fraction of sp³-hybridized carbons (Fsp3) is 0.720. The van der Waals surface area contributed by atoms with E-state index in [4.69, 9.17) is 14.0 Å². The molecule has 2 unspecified atom stereocenters. The third-order valence-corrected chi connectivity index (χ3v) is 7.02. The molecular formula is C25H40BN5O7. The minimum atomic E-state index is -1.16. The molecule has 0 bridgehead atoms. The summed E-state index contributed by atoms with van der Waals surface area (Å²) in [5.74, 6) is -1.57. The molecule has 2 aliphatic heterocycles. The maximum absolute atomic E-state index is 13.4. The number of hydrogen-bond donors (Lipinski definition) is 2. The molecule has 1 aromatic heterocycles. The number of carboxylic acids is 1. The number of carbonyl (C=O) groups is 3. The second-order valence-electron chi connectivity index (χ2n) is 12.1. The van der Waals surface area contributed by atoms with Gasteiger partial charge in [-0.15, -0.1) is 0 Å². The number of aliphatic carboxylic acids is 1. The molecule has 2 atom stereocenters. The van der Waals surface area contributed by atoms with Crippen LogP contribution in [0.1, 0.15) is 62.3 Å². The number of alkyl carbamates (subject to hydrolysis) is 1. The number of aromatic nitrogens is 2. The SMILES string of the molecule is CC(C)C(NC(=O)OC(C)(C)C)C(=O)N1CCN(c2ncc(B3OC(C)(C)C(C)(C)O3)cn2)CC1C(=O)O. The number of ether oxygens (including phenoxy) is 1. The topological polar surface area (TPSA) is 143 Å². The summed E-state index contributed by atoms with van der Waals surface area (Å²) in [4.78, 5) is 49.8. The Labute approximate surface area is 224 Å². The molecule has 2 fully saturated rings. The van der Waals surface area contributed by atoms with E-state index in [2.05, 4.69) is 15.3 Å². The highest BCUT2D eigenvalue weighted by atomic mass is 16.7. The lowest BCUT2D eigenvalue weighted by atomic mass is 9.81. The molecule has 0 saturated carbocycles. The maximum atomic E-state index is 13.4. The summed E-state index contributed by atoms with van der Waals surface area (Å²) in [6.07, 6.45) is 2.49. The highest BCUT2D eigenvalue weighted by Crippen LogP contribution is 2.36. The maximum Gasteiger partial charge on any atom is 0.498 e. The smallest absolute Gasteiger partial charge is 0.480 e. The average molecular weight is 533 g/mol. The monoisotopic (exact) mass is 533 g/mol. The van der Waals surface area contributed by atoms with Gasteiger partial charge in [-0.2, -0.15) is 0 Å². The van der Waals surface area contributed by atoms with Crippen LogP contribution in [0, 0.1) is 5.92 Å². The highest BCUT2D eigenvalue weighted by Gasteiger charge is 2.52. The Morgan fingerprint density at radius 2 is 1.66 bits per heavy atom. The van der Waals surface area contributed by atoms with E-state index in [-0.39, 0.29) is 19.0 Å². The van der Waals surface area contributed by atoms with Crippen LogP contribution in [0.3, 0.4) is 0 Å². The molecule has 0 spiro atoms. The van der Waals surface area contributed by atoms with Gasteiger partial charge >= 0.3 is 19.2 Å². The van der Waals surface area contributed by atoms with Gasteiger partial charge in [-0.1, -0.05) is 13.8 Å². The van der Waals surface area contributed by atoms with Crippen LogP contribution in [0.2, 0.25) is 0 Å². The zero-order valence-electron chi connectivity index (χ0n) is 23.8. The van der Waals surface area contributed by atoms with Crippen molar-refractivity contribution in [3.05, 3.63) is 12.4 Å². The predicted molar refractivity (Wildman–Crippen MR) is 141 cm³/mol. The van der Waals surface area contributed by atoms with E-state index >= 15 is 0 Å². The Hall–Kier alpha value is -2.93. The van der Waals surface area contributed by atoms with Crippen LogP contribution >= 0.6 is 0 Å². The lowest BCUT2D eigenvalue weighted by Gasteiger charge is -2.41. The van der Waals surface area contributed by atoms with Crippen LogP contribution < -0.4 is 15.7 Å². The number of anilines is 1. The number of nitrogens with one attached hydrogen (secondary N) is 1. The van der Waals surface area contributed by atoms with E-state index in [1.54, 1.807) is 51.9 Å². The molecule has 2 N–H and O–H groups in total. The van der Waals surface area contributed by atoms with Crippen molar-refractivity contribution in [1.82, 2.24) is 20.2 Å². The lowest BCUT2D eigenvalue weighted by molar-refractivity contribution is -0.152. The summed E-state index contributed by atoms with van der Waals surface area (Å²) in [5.41, 5.74) is -1.08. The van der Waals surface area contributed by atoms with Gasteiger partial charge in [0.2, 0.25) is 11.9 Å². The Morgan fingerprint density at radius 1 is 1.11 bits per heavy atom. The van der Waals surface area contributed by atoms with E-state index < -0.39 is 54.0 Å². The van der Waals surface area contributed by atoms with Gasteiger partial charge in [0.1, 0.15) is 17.7 Å². The molecule has 3 rings (SSSR count). The van der Waals surface area contributed by atoms with E-state index in [0.29, 0.717) is 18.0 Å². The molecule has 0 radical (unpaired) electrons. The van der Waals surface area contributed by atoms with E-state index in [1.165, 1.54) is 4.90 Å². The number of piperazine rings is 1. The third kappa shape index (κ3) is 6.55. The number of amides is 2. The molecule has 12 nitrogen and oxygen atoms in total. The first kappa shape index (κ1) is 29.6. The van der Waals surface area contributed by atoms with Gasteiger partial charge in [0, 0.05) is 30.9 Å². The normalized spacial score (nSPS) is 21.8. The Bertz CT molecular complexity index is 1030. The summed E-state index contributed by atoms with van der Waals surface area (Å²) in [7, 11) is -0.610. The Balaban J connectivity index is 1.71. The molecule has 2 saturated heterocycles. The molecule has 38 heavy (non-hydrogen) atoms. The number of rotatable bonds is 6.